The Bertz CT molecular complexity index is 2860. The van der Waals surface area contributed by atoms with Gasteiger partial charge in [-0.15, -0.1) is 0 Å². The largest absolute Gasteiger partial charge is 0.455 e. The molecule has 53 heavy (non-hydrogen) atoms. The van der Waals surface area contributed by atoms with Gasteiger partial charge in [0.05, 0.1) is 13.1 Å². The van der Waals surface area contributed by atoms with Crippen molar-refractivity contribution in [2.24, 2.45) is 0 Å². The molecule has 7 aromatic carbocycles. The quantitative estimate of drug-likeness (QED) is 0.164. The maximum atomic E-state index is 7.93. The van der Waals surface area contributed by atoms with Crippen LogP contribution < -0.4 is 0 Å². The third-order valence-electron chi connectivity index (χ3n) is 9.38. The van der Waals surface area contributed by atoms with Crippen molar-refractivity contribution in [3.63, 3.8) is 0 Å². The lowest BCUT2D eigenvalue weighted by Crippen LogP contribution is -2.00. The summed E-state index contributed by atoms with van der Waals surface area (Å²) in [6.07, 6.45) is 0. The Balaban J connectivity index is 1.27. The molecule has 0 amide bonds. The van der Waals surface area contributed by atoms with Gasteiger partial charge in [-0.3, -0.25) is 0 Å². The first-order valence-corrected chi connectivity index (χ1v) is 17.1. The lowest BCUT2D eigenvalue weighted by atomic mass is 9.92. The molecule has 9 rings (SSSR count). The van der Waals surface area contributed by atoms with E-state index in [0.29, 0.717) is 34.4 Å². The summed E-state index contributed by atoms with van der Waals surface area (Å²) in [4.78, 5) is 22.5. The standard InChI is InChI=1S/C47H27N5O/c1-48-40-24-11-9-21-35(40)34-28-38(37-22-10-12-25-41(37)49-2)44-39(29-34)43-36(23-14-26-42(43)53-44)32-19-13-20-33(27-32)47-51-45(30-15-5-3-6-16-30)50-46(52-47)31-17-7-4-8-18-31/h3-29H. The molecule has 9 aromatic rings. The second kappa shape index (κ2) is 13.2. The Kier molecular flexibility index (Phi) is 7.82. The summed E-state index contributed by atoms with van der Waals surface area (Å²) in [5, 5.41) is 1.83. The zero-order chi connectivity index (χ0) is 35.7. The Hall–Kier alpha value is -7.67. The predicted molar refractivity (Wildman–Crippen MR) is 212 cm³/mol. The minimum absolute atomic E-state index is 0.528. The molecule has 0 aliphatic carbocycles. The average molecular weight is 678 g/mol. The number of nitrogens with zero attached hydrogens (tertiary/aromatic N) is 5. The summed E-state index contributed by atoms with van der Waals surface area (Å²) >= 11 is 0. The van der Waals surface area contributed by atoms with Crippen molar-refractivity contribution in [3.05, 3.63) is 187 Å². The molecule has 0 unspecified atom stereocenters. The van der Waals surface area contributed by atoms with Gasteiger partial charge in [0.2, 0.25) is 0 Å². The molecule has 0 aliphatic rings. The van der Waals surface area contributed by atoms with E-state index in [9.17, 15) is 0 Å². The highest BCUT2D eigenvalue weighted by atomic mass is 16.3. The van der Waals surface area contributed by atoms with Crippen molar-refractivity contribution in [1.82, 2.24) is 15.0 Å². The highest BCUT2D eigenvalue weighted by molar-refractivity contribution is 6.17. The number of para-hydroxylation sites is 2. The SMILES string of the molecule is [C-]#[N+]c1ccccc1-c1cc(-c2ccccc2[N+]#[C-])c2oc3cccc(-c4cccc(-c5nc(-c6ccccc6)nc(-c6ccccc6)n5)c4)c3c2c1. The lowest BCUT2D eigenvalue weighted by molar-refractivity contribution is 0.670. The molecule has 0 saturated heterocycles. The summed E-state index contributed by atoms with van der Waals surface area (Å²) in [7, 11) is 0. The normalized spacial score (nSPS) is 11.0. The van der Waals surface area contributed by atoms with Gasteiger partial charge in [0.25, 0.3) is 0 Å². The number of hydrogen-bond donors (Lipinski definition) is 0. The fourth-order valence-corrected chi connectivity index (χ4v) is 6.90. The number of rotatable bonds is 6. The Morgan fingerprint density at radius 1 is 0.396 bits per heavy atom. The van der Waals surface area contributed by atoms with Crippen LogP contribution in [0.5, 0.6) is 0 Å². The fraction of sp³-hybridized carbons (Fsp3) is 0. The first-order valence-electron chi connectivity index (χ1n) is 17.1. The first kappa shape index (κ1) is 31.3. The van der Waals surface area contributed by atoms with Gasteiger partial charge in [0.15, 0.2) is 28.8 Å². The maximum Gasteiger partial charge on any atom is 0.195 e. The van der Waals surface area contributed by atoms with Gasteiger partial charge in [0.1, 0.15) is 11.2 Å². The van der Waals surface area contributed by atoms with E-state index >= 15 is 0 Å². The Morgan fingerprint density at radius 3 is 1.57 bits per heavy atom. The highest BCUT2D eigenvalue weighted by Crippen LogP contribution is 2.46. The third kappa shape index (κ3) is 5.67. The minimum Gasteiger partial charge on any atom is -0.455 e. The highest BCUT2D eigenvalue weighted by Gasteiger charge is 2.21. The maximum absolute atomic E-state index is 7.93. The number of aromatic nitrogens is 3. The monoisotopic (exact) mass is 677 g/mol. The van der Waals surface area contributed by atoms with Crippen molar-refractivity contribution >= 4 is 33.3 Å². The molecule has 0 radical (unpaired) electrons. The van der Waals surface area contributed by atoms with Crippen LogP contribution in [0.1, 0.15) is 0 Å². The molecular formula is C47H27N5O. The molecule has 0 bridgehead atoms. The van der Waals surface area contributed by atoms with E-state index in [4.69, 9.17) is 32.5 Å². The summed E-state index contributed by atoms with van der Waals surface area (Å²) in [5.41, 5.74) is 10.4. The molecule has 0 fully saturated rings. The van der Waals surface area contributed by atoms with Crippen LogP contribution in [-0.4, -0.2) is 15.0 Å². The van der Waals surface area contributed by atoms with Crippen LogP contribution in [0.3, 0.4) is 0 Å². The van der Waals surface area contributed by atoms with Gasteiger partial charge < -0.3 is 4.42 Å². The Labute approximate surface area is 306 Å². The average Bonchev–Trinajstić information content (AvgIpc) is 3.63. The molecule has 246 valence electrons. The van der Waals surface area contributed by atoms with E-state index in [1.54, 1.807) is 0 Å². The molecule has 0 atom stereocenters. The topological polar surface area (TPSA) is 60.5 Å². The van der Waals surface area contributed by atoms with Crippen molar-refractivity contribution in [2.75, 3.05) is 0 Å². The van der Waals surface area contributed by atoms with Gasteiger partial charge >= 0.3 is 0 Å². The van der Waals surface area contributed by atoms with Crippen molar-refractivity contribution in [1.29, 1.82) is 0 Å². The zero-order valence-corrected chi connectivity index (χ0v) is 28.2. The molecular weight excluding hydrogens is 651 g/mol. The molecule has 0 N–H and O–H groups in total. The molecule has 0 saturated carbocycles. The van der Waals surface area contributed by atoms with Gasteiger partial charge in [-0.1, -0.05) is 140 Å². The summed E-state index contributed by atoms with van der Waals surface area (Å²) in [6.45, 7) is 15.8. The van der Waals surface area contributed by atoms with Crippen molar-refractivity contribution in [2.45, 2.75) is 0 Å². The van der Waals surface area contributed by atoms with Crippen LogP contribution in [0.4, 0.5) is 11.4 Å². The van der Waals surface area contributed by atoms with Crippen LogP contribution in [0.2, 0.25) is 0 Å². The number of hydrogen-bond acceptors (Lipinski definition) is 4. The first-order chi connectivity index (χ1) is 26.2. The van der Waals surface area contributed by atoms with Gasteiger partial charge in [-0.25, -0.2) is 24.6 Å². The van der Waals surface area contributed by atoms with Gasteiger partial charge in [-0.2, -0.15) is 0 Å². The van der Waals surface area contributed by atoms with E-state index in [1.807, 2.05) is 140 Å². The number of benzene rings is 7. The number of furan rings is 1. The van der Waals surface area contributed by atoms with Gasteiger partial charge in [0, 0.05) is 33.0 Å². The molecule has 2 aromatic heterocycles. The molecule has 0 aliphatic heterocycles. The minimum atomic E-state index is 0.528. The predicted octanol–water partition coefficient (Wildman–Crippen LogP) is 12.9. The van der Waals surface area contributed by atoms with Crippen LogP contribution in [0.15, 0.2) is 168 Å². The van der Waals surface area contributed by atoms with E-state index in [1.165, 1.54) is 0 Å². The summed E-state index contributed by atoms with van der Waals surface area (Å²) in [5.74, 6) is 1.77. The van der Waals surface area contributed by atoms with Crippen LogP contribution in [0.25, 0.3) is 99.2 Å². The molecule has 6 heteroatoms. The summed E-state index contributed by atoms with van der Waals surface area (Å²) < 4.78 is 6.70. The van der Waals surface area contributed by atoms with Crippen LogP contribution in [0, 0.1) is 13.1 Å². The van der Waals surface area contributed by atoms with E-state index < -0.39 is 0 Å². The Morgan fingerprint density at radius 2 is 0.906 bits per heavy atom. The van der Waals surface area contributed by atoms with Crippen LogP contribution >= 0.6 is 0 Å². The van der Waals surface area contributed by atoms with E-state index in [0.717, 1.165) is 66.4 Å². The van der Waals surface area contributed by atoms with Crippen molar-refractivity contribution < 1.29 is 4.42 Å². The second-order valence-corrected chi connectivity index (χ2v) is 12.6. The van der Waals surface area contributed by atoms with E-state index in [2.05, 4.69) is 34.0 Å². The molecule has 6 nitrogen and oxygen atoms in total. The molecule has 0 spiro atoms. The van der Waals surface area contributed by atoms with E-state index in [-0.39, 0.29) is 0 Å². The van der Waals surface area contributed by atoms with Crippen molar-refractivity contribution in [3.8, 4) is 67.5 Å². The van der Waals surface area contributed by atoms with Gasteiger partial charge in [-0.05, 0) is 52.1 Å². The smallest absolute Gasteiger partial charge is 0.195 e. The second-order valence-electron chi connectivity index (χ2n) is 12.6. The van der Waals surface area contributed by atoms with Crippen LogP contribution in [-0.2, 0) is 0 Å². The fourth-order valence-electron chi connectivity index (χ4n) is 6.90. The summed E-state index contributed by atoms with van der Waals surface area (Å²) in [6, 6.07) is 53.5. The zero-order valence-electron chi connectivity index (χ0n) is 28.2. The number of fused-ring (bicyclic) bond motifs is 3. The molecule has 2 heterocycles. The third-order valence-corrected chi connectivity index (χ3v) is 9.38. The lowest BCUT2D eigenvalue weighted by Gasteiger charge is -2.11.